The van der Waals surface area contributed by atoms with Crippen LogP contribution in [0.25, 0.3) is 11.3 Å². The van der Waals surface area contributed by atoms with Crippen LogP contribution < -0.4 is 19.7 Å². The minimum atomic E-state index is -0.252. The number of rotatable bonds is 6. The Morgan fingerprint density at radius 1 is 0.903 bits per heavy atom. The van der Waals surface area contributed by atoms with E-state index in [1.54, 1.807) is 25.3 Å². The minimum Gasteiger partial charge on any atom is -0.497 e. The second-order valence-corrected chi connectivity index (χ2v) is 7.42. The number of carbonyl (C=O) groups excluding carboxylic acids is 1. The molecule has 7 heteroatoms. The molecule has 0 atom stereocenters. The Morgan fingerprint density at radius 3 is 2.32 bits per heavy atom. The largest absolute Gasteiger partial charge is 0.497 e. The SMILES string of the molecule is COc1ccc(C(=O)Nc2ccc(-c3ccc(N4CCCCC4)nn3)cc2)c(OC)c1. The lowest BCUT2D eigenvalue weighted by Crippen LogP contribution is -2.30. The van der Waals surface area contributed by atoms with Crippen molar-refractivity contribution in [2.45, 2.75) is 19.3 Å². The standard InChI is InChI=1S/C24H26N4O3/c1-30-19-10-11-20(22(16-19)31-2)24(29)25-18-8-6-17(7-9-18)21-12-13-23(27-26-21)28-14-4-3-5-15-28/h6-13,16H,3-5,14-15H2,1-2H3,(H,25,29). The molecule has 160 valence electrons. The van der Waals surface area contributed by atoms with E-state index in [1.807, 2.05) is 36.4 Å². The Hall–Kier alpha value is -3.61. The molecule has 3 aromatic rings. The molecule has 7 nitrogen and oxygen atoms in total. The van der Waals surface area contributed by atoms with E-state index in [0.717, 1.165) is 30.2 Å². The topological polar surface area (TPSA) is 76.6 Å². The summed E-state index contributed by atoms with van der Waals surface area (Å²) in [5.74, 6) is 1.77. The lowest BCUT2D eigenvalue weighted by Gasteiger charge is -2.27. The number of methoxy groups -OCH3 is 2. The first kappa shape index (κ1) is 20.7. The summed E-state index contributed by atoms with van der Waals surface area (Å²) < 4.78 is 10.5. The molecule has 1 amide bonds. The normalized spacial score (nSPS) is 13.5. The zero-order valence-electron chi connectivity index (χ0n) is 17.8. The third-order valence-corrected chi connectivity index (χ3v) is 5.42. The van der Waals surface area contributed by atoms with E-state index in [1.165, 1.54) is 26.4 Å². The number of carbonyl (C=O) groups is 1. The molecule has 1 aliphatic rings. The van der Waals surface area contributed by atoms with Gasteiger partial charge in [0.15, 0.2) is 5.82 Å². The Morgan fingerprint density at radius 2 is 1.68 bits per heavy atom. The van der Waals surface area contributed by atoms with Gasteiger partial charge >= 0.3 is 0 Å². The number of ether oxygens (including phenoxy) is 2. The van der Waals surface area contributed by atoms with Gasteiger partial charge in [0, 0.05) is 30.4 Å². The molecular weight excluding hydrogens is 392 g/mol. The van der Waals surface area contributed by atoms with Gasteiger partial charge in [0.25, 0.3) is 5.91 Å². The molecule has 1 saturated heterocycles. The number of nitrogens with one attached hydrogen (secondary N) is 1. The van der Waals surface area contributed by atoms with Crippen LogP contribution in [0, 0.1) is 0 Å². The fraction of sp³-hybridized carbons (Fsp3) is 0.292. The van der Waals surface area contributed by atoms with E-state index in [-0.39, 0.29) is 5.91 Å². The monoisotopic (exact) mass is 418 g/mol. The predicted molar refractivity (Wildman–Crippen MR) is 121 cm³/mol. The highest BCUT2D eigenvalue weighted by Crippen LogP contribution is 2.26. The smallest absolute Gasteiger partial charge is 0.259 e. The third kappa shape index (κ3) is 4.77. The van der Waals surface area contributed by atoms with Crippen molar-refractivity contribution in [3.05, 3.63) is 60.2 Å². The number of amides is 1. The van der Waals surface area contributed by atoms with Crippen LogP contribution >= 0.6 is 0 Å². The Labute approximate surface area is 182 Å². The maximum absolute atomic E-state index is 12.7. The Kier molecular flexibility index (Phi) is 6.31. The maximum Gasteiger partial charge on any atom is 0.259 e. The Bertz CT molecular complexity index is 1030. The average Bonchev–Trinajstić information content (AvgIpc) is 2.84. The number of hydrogen-bond acceptors (Lipinski definition) is 6. The summed E-state index contributed by atoms with van der Waals surface area (Å²) in [6, 6.07) is 16.7. The first-order valence-corrected chi connectivity index (χ1v) is 10.4. The van der Waals surface area contributed by atoms with Crippen molar-refractivity contribution in [1.82, 2.24) is 10.2 Å². The van der Waals surface area contributed by atoms with Gasteiger partial charge in [-0.2, -0.15) is 0 Å². The van der Waals surface area contributed by atoms with Crippen LogP contribution in [0.2, 0.25) is 0 Å². The van der Waals surface area contributed by atoms with E-state index in [4.69, 9.17) is 9.47 Å². The number of hydrogen-bond donors (Lipinski definition) is 1. The summed E-state index contributed by atoms with van der Waals surface area (Å²) in [7, 11) is 3.10. The first-order valence-electron chi connectivity index (χ1n) is 10.4. The van der Waals surface area contributed by atoms with Crippen LogP contribution in [0.15, 0.2) is 54.6 Å². The number of nitrogens with zero attached hydrogens (tertiary/aromatic N) is 3. The van der Waals surface area contributed by atoms with Gasteiger partial charge in [0.2, 0.25) is 0 Å². The van der Waals surface area contributed by atoms with Crippen molar-refractivity contribution < 1.29 is 14.3 Å². The van der Waals surface area contributed by atoms with Crippen LogP contribution in [0.3, 0.4) is 0 Å². The number of piperidine rings is 1. The third-order valence-electron chi connectivity index (χ3n) is 5.42. The highest BCUT2D eigenvalue weighted by Gasteiger charge is 2.15. The molecule has 31 heavy (non-hydrogen) atoms. The summed E-state index contributed by atoms with van der Waals surface area (Å²) in [6.07, 6.45) is 3.70. The van der Waals surface area contributed by atoms with Crippen molar-refractivity contribution >= 4 is 17.4 Å². The lowest BCUT2D eigenvalue weighted by molar-refractivity contribution is 0.102. The van der Waals surface area contributed by atoms with Crippen molar-refractivity contribution in [2.24, 2.45) is 0 Å². The molecule has 4 rings (SSSR count). The second-order valence-electron chi connectivity index (χ2n) is 7.42. The van der Waals surface area contributed by atoms with Crippen molar-refractivity contribution in [3.63, 3.8) is 0 Å². The molecule has 0 unspecified atom stereocenters. The zero-order chi connectivity index (χ0) is 21.6. The first-order chi connectivity index (χ1) is 15.2. The summed E-state index contributed by atoms with van der Waals surface area (Å²) in [6.45, 7) is 2.09. The Balaban J connectivity index is 1.44. The van der Waals surface area contributed by atoms with Crippen LogP contribution in [-0.4, -0.2) is 43.4 Å². The average molecular weight is 418 g/mol. The molecule has 0 spiro atoms. The molecule has 1 aliphatic heterocycles. The van der Waals surface area contributed by atoms with Gasteiger partial charge in [-0.15, -0.1) is 10.2 Å². The van der Waals surface area contributed by atoms with Crippen LogP contribution in [0.1, 0.15) is 29.6 Å². The summed E-state index contributed by atoms with van der Waals surface area (Å²) >= 11 is 0. The summed E-state index contributed by atoms with van der Waals surface area (Å²) in [5, 5.41) is 11.7. The van der Waals surface area contributed by atoms with Crippen LogP contribution in [-0.2, 0) is 0 Å². The second kappa shape index (κ2) is 9.47. The number of aromatic nitrogens is 2. The van der Waals surface area contributed by atoms with Crippen molar-refractivity contribution in [3.8, 4) is 22.8 Å². The van der Waals surface area contributed by atoms with Gasteiger partial charge in [-0.3, -0.25) is 4.79 Å². The highest BCUT2D eigenvalue weighted by molar-refractivity contribution is 6.06. The van der Waals surface area contributed by atoms with E-state index >= 15 is 0 Å². The molecule has 0 radical (unpaired) electrons. The van der Waals surface area contributed by atoms with E-state index in [9.17, 15) is 4.79 Å². The number of anilines is 2. The molecule has 0 bridgehead atoms. The highest BCUT2D eigenvalue weighted by atomic mass is 16.5. The number of benzene rings is 2. The minimum absolute atomic E-state index is 0.252. The van der Waals surface area contributed by atoms with Crippen molar-refractivity contribution in [1.29, 1.82) is 0 Å². The fourth-order valence-electron chi connectivity index (χ4n) is 3.68. The maximum atomic E-state index is 12.7. The lowest BCUT2D eigenvalue weighted by atomic mass is 10.1. The van der Waals surface area contributed by atoms with Gasteiger partial charge in [0.1, 0.15) is 11.5 Å². The molecular formula is C24H26N4O3. The molecule has 0 saturated carbocycles. The molecule has 2 heterocycles. The van der Waals surface area contributed by atoms with Gasteiger partial charge in [0.05, 0.1) is 25.5 Å². The molecule has 0 aliphatic carbocycles. The van der Waals surface area contributed by atoms with Crippen molar-refractivity contribution in [2.75, 3.05) is 37.5 Å². The molecule has 1 fully saturated rings. The van der Waals surface area contributed by atoms with E-state index < -0.39 is 0 Å². The summed E-state index contributed by atoms with van der Waals surface area (Å²) in [4.78, 5) is 15.0. The molecule has 1 aromatic heterocycles. The van der Waals surface area contributed by atoms with Crippen LogP contribution in [0.5, 0.6) is 11.5 Å². The predicted octanol–water partition coefficient (Wildman–Crippen LogP) is 4.40. The summed E-state index contributed by atoms with van der Waals surface area (Å²) in [5.41, 5.74) is 2.87. The molecule has 2 aromatic carbocycles. The van der Waals surface area contributed by atoms with Crippen LogP contribution in [0.4, 0.5) is 11.5 Å². The van der Waals surface area contributed by atoms with Gasteiger partial charge < -0.3 is 19.7 Å². The zero-order valence-corrected chi connectivity index (χ0v) is 17.8. The van der Waals surface area contributed by atoms with Gasteiger partial charge in [-0.05, 0) is 55.7 Å². The van der Waals surface area contributed by atoms with Gasteiger partial charge in [-0.25, -0.2) is 0 Å². The fourth-order valence-corrected chi connectivity index (χ4v) is 3.68. The van der Waals surface area contributed by atoms with E-state index in [2.05, 4.69) is 20.4 Å². The quantitative estimate of drug-likeness (QED) is 0.639. The van der Waals surface area contributed by atoms with E-state index in [0.29, 0.717) is 22.7 Å². The van der Waals surface area contributed by atoms with Gasteiger partial charge in [-0.1, -0.05) is 12.1 Å². The molecule has 1 N–H and O–H groups in total.